The lowest BCUT2D eigenvalue weighted by Gasteiger charge is -2.12. The van der Waals surface area contributed by atoms with Gasteiger partial charge in [0.05, 0.1) is 12.1 Å². The van der Waals surface area contributed by atoms with E-state index < -0.39 is 5.91 Å². The number of fused-ring (bicyclic) bond motifs is 3. The summed E-state index contributed by atoms with van der Waals surface area (Å²) in [7, 11) is 0. The number of primary amides is 1. The van der Waals surface area contributed by atoms with Gasteiger partial charge in [0.2, 0.25) is 5.91 Å². The zero-order chi connectivity index (χ0) is 19.1. The highest BCUT2D eigenvalue weighted by atomic mass is 35.5. The van der Waals surface area contributed by atoms with Crippen LogP contribution in [0, 0.1) is 0 Å². The molecule has 3 nitrogen and oxygen atoms in total. The van der Waals surface area contributed by atoms with E-state index in [1.807, 2.05) is 30.3 Å². The molecule has 0 aliphatic rings. The topological polar surface area (TPSA) is 48.0 Å². The van der Waals surface area contributed by atoms with Crippen molar-refractivity contribution in [2.75, 3.05) is 0 Å². The summed E-state index contributed by atoms with van der Waals surface area (Å²) in [5.41, 5.74) is 10.2. The number of halogens is 2. The molecule has 0 unspecified atom stereocenters. The Bertz CT molecular complexity index is 1170. The first-order valence-electron chi connectivity index (χ1n) is 8.77. The zero-order valence-electron chi connectivity index (χ0n) is 14.8. The fourth-order valence-electron chi connectivity index (χ4n) is 3.63. The number of hydrogen-bond donors (Lipinski definition) is 1. The van der Waals surface area contributed by atoms with Gasteiger partial charge in [0.25, 0.3) is 0 Å². The van der Waals surface area contributed by atoms with E-state index in [1.54, 1.807) is 6.07 Å². The van der Waals surface area contributed by atoms with Crippen molar-refractivity contribution in [3.05, 3.63) is 81.3 Å². The Morgan fingerprint density at radius 1 is 1.00 bits per heavy atom. The van der Waals surface area contributed by atoms with Crippen molar-refractivity contribution in [2.24, 2.45) is 5.73 Å². The van der Waals surface area contributed by atoms with Crippen molar-refractivity contribution < 1.29 is 4.79 Å². The number of nitrogens with two attached hydrogens (primary N) is 1. The summed E-state index contributed by atoms with van der Waals surface area (Å²) < 4.78 is 2.16. The minimum Gasteiger partial charge on any atom is -0.366 e. The number of benzene rings is 3. The van der Waals surface area contributed by atoms with Crippen LogP contribution in [0.1, 0.15) is 28.4 Å². The van der Waals surface area contributed by atoms with Crippen LogP contribution in [0.5, 0.6) is 0 Å². The summed E-state index contributed by atoms with van der Waals surface area (Å²) in [5.74, 6) is -0.435. The molecule has 27 heavy (non-hydrogen) atoms. The molecular formula is C22H18Cl2N2O. The lowest BCUT2D eigenvalue weighted by molar-refractivity contribution is 0.100. The van der Waals surface area contributed by atoms with Gasteiger partial charge in [-0.1, -0.05) is 54.4 Å². The van der Waals surface area contributed by atoms with Crippen molar-refractivity contribution >= 4 is 50.9 Å². The minimum atomic E-state index is -0.435. The maximum atomic E-state index is 12.0. The molecule has 4 aromatic rings. The van der Waals surface area contributed by atoms with Crippen LogP contribution < -0.4 is 5.73 Å². The van der Waals surface area contributed by atoms with E-state index in [9.17, 15) is 4.79 Å². The van der Waals surface area contributed by atoms with Gasteiger partial charge < -0.3 is 10.3 Å². The highest BCUT2D eigenvalue weighted by Crippen LogP contribution is 2.35. The third-order valence-corrected chi connectivity index (χ3v) is 5.72. The Balaban J connectivity index is 2.08. The van der Waals surface area contributed by atoms with E-state index in [2.05, 4.69) is 29.7 Å². The van der Waals surface area contributed by atoms with Crippen molar-refractivity contribution in [3.8, 4) is 0 Å². The Hall–Kier alpha value is -2.49. The molecule has 2 N–H and O–H groups in total. The molecule has 0 radical (unpaired) electrons. The number of rotatable bonds is 4. The van der Waals surface area contributed by atoms with Crippen LogP contribution in [0.2, 0.25) is 10.0 Å². The molecule has 0 aliphatic carbocycles. The van der Waals surface area contributed by atoms with E-state index in [1.165, 1.54) is 5.56 Å². The van der Waals surface area contributed by atoms with Crippen molar-refractivity contribution in [1.82, 2.24) is 4.57 Å². The van der Waals surface area contributed by atoms with Gasteiger partial charge in [-0.25, -0.2) is 0 Å². The highest BCUT2D eigenvalue weighted by molar-refractivity contribution is 6.36. The maximum absolute atomic E-state index is 12.0. The molecule has 0 aliphatic heterocycles. The molecule has 136 valence electrons. The Morgan fingerprint density at radius 2 is 1.70 bits per heavy atom. The summed E-state index contributed by atoms with van der Waals surface area (Å²) in [4.78, 5) is 12.0. The largest absolute Gasteiger partial charge is 0.366 e. The molecular weight excluding hydrogens is 379 g/mol. The number of hydrogen-bond acceptors (Lipinski definition) is 1. The van der Waals surface area contributed by atoms with Crippen LogP contribution in [-0.4, -0.2) is 10.5 Å². The quantitative estimate of drug-likeness (QED) is 0.464. The lowest BCUT2D eigenvalue weighted by atomic mass is 10.0. The first kappa shape index (κ1) is 17.9. The Kier molecular flexibility index (Phi) is 4.58. The SMILES string of the molecule is CCc1ccc2c3c(C(N)=O)cccc3n(Cc3c(Cl)cccc3Cl)c2c1. The Labute approximate surface area is 167 Å². The predicted molar refractivity (Wildman–Crippen MR) is 113 cm³/mol. The molecule has 4 rings (SSSR count). The van der Waals surface area contributed by atoms with E-state index in [0.717, 1.165) is 33.8 Å². The fraction of sp³-hybridized carbons (Fsp3) is 0.136. The molecule has 0 spiro atoms. The summed E-state index contributed by atoms with van der Waals surface area (Å²) in [6.07, 6.45) is 0.924. The summed E-state index contributed by atoms with van der Waals surface area (Å²) in [5, 5.41) is 3.11. The molecule has 1 heterocycles. The number of amides is 1. The van der Waals surface area contributed by atoms with Gasteiger partial charge in [-0.05, 0) is 42.3 Å². The van der Waals surface area contributed by atoms with Gasteiger partial charge in [-0.3, -0.25) is 4.79 Å². The predicted octanol–water partition coefficient (Wildman–Crippen LogP) is 5.81. The van der Waals surface area contributed by atoms with E-state index in [-0.39, 0.29) is 0 Å². The minimum absolute atomic E-state index is 0.435. The zero-order valence-corrected chi connectivity index (χ0v) is 16.3. The van der Waals surface area contributed by atoms with Crippen molar-refractivity contribution in [2.45, 2.75) is 19.9 Å². The van der Waals surface area contributed by atoms with E-state index in [4.69, 9.17) is 28.9 Å². The number of nitrogens with zero attached hydrogens (tertiary/aromatic N) is 1. The van der Waals surface area contributed by atoms with Crippen molar-refractivity contribution in [3.63, 3.8) is 0 Å². The number of carbonyl (C=O) groups is 1. The molecule has 3 aromatic carbocycles. The van der Waals surface area contributed by atoms with Crippen LogP contribution in [0.3, 0.4) is 0 Å². The van der Waals surface area contributed by atoms with Crippen LogP contribution in [-0.2, 0) is 13.0 Å². The molecule has 0 fully saturated rings. The molecule has 1 aromatic heterocycles. The molecule has 1 amide bonds. The Morgan fingerprint density at radius 3 is 2.37 bits per heavy atom. The van der Waals surface area contributed by atoms with Crippen LogP contribution in [0.4, 0.5) is 0 Å². The second kappa shape index (κ2) is 6.91. The van der Waals surface area contributed by atoms with Crippen molar-refractivity contribution in [1.29, 1.82) is 0 Å². The third-order valence-electron chi connectivity index (χ3n) is 5.01. The molecule has 0 bridgehead atoms. The molecule has 5 heteroatoms. The summed E-state index contributed by atoms with van der Waals surface area (Å²) >= 11 is 12.8. The average molecular weight is 397 g/mol. The molecule has 0 saturated heterocycles. The highest BCUT2D eigenvalue weighted by Gasteiger charge is 2.18. The first-order chi connectivity index (χ1) is 13.0. The van der Waals surface area contributed by atoms with E-state index >= 15 is 0 Å². The van der Waals surface area contributed by atoms with Gasteiger partial charge in [0.1, 0.15) is 0 Å². The number of carbonyl (C=O) groups excluding carboxylic acids is 1. The van der Waals surface area contributed by atoms with Gasteiger partial charge in [-0.2, -0.15) is 0 Å². The summed E-state index contributed by atoms with van der Waals surface area (Å²) in [6, 6.07) is 17.4. The first-order valence-corrected chi connectivity index (χ1v) is 9.53. The van der Waals surface area contributed by atoms with Crippen LogP contribution >= 0.6 is 23.2 Å². The monoisotopic (exact) mass is 396 g/mol. The lowest BCUT2D eigenvalue weighted by Crippen LogP contribution is -2.11. The maximum Gasteiger partial charge on any atom is 0.249 e. The summed E-state index contributed by atoms with van der Waals surface area (Å²) in [6.45, 7) is 2.63. The van der Waals surface area contributed by atoms with Gasteiger partial charge in [0, 0.05) is 37.5 Å². The smallest absolute Gasteiger partial charge is 0.249 e. The number of aryl methyl sites for hydroxylation is 1. The molecule has 0 saturated carbocycles. The second-order valence-electron chi connectivity index (χ2n) is 6.56. The third kappa shape index (κ3) is 2.97. The van der Waals surface area contributed by atoms with Crippen LogP contribution in [0.25, 0.3) is 21.8 Å². The fourth-order valence-corrected chi connectivity index (χ4v) is 4.14. The van der Waals surface area contributed by atoms with Crippen LogP contribution in [0.15, 0.2) is 54.6 Å². The normalized spacial score (nSPS) is 11.4. The van der Waals surface area contributed by atoms with Gasteiger partial charge in [-0.15, -0.1) is 0 Å². The average Bonchev–Trinajstić information content (AvgIpc) is 2.97. The van der Waals surface area contributed by atoms with Gasteiger partial charge >= 0.3 is 0 Å². The van der Waals surface area contributed by atoms with E-state index in [0.29, 0.717) is 22.2 Å². The standard InChI is InChI=1S/C22H18Cl2N2O/c1-2-13-9-10-14-20(11-13)26(12-16-17(23)6-4-7-18(16)24)19-8-3-5-15(21(14)19)22(25)27/h3-11H,2,12H2,1H3,(H2,25,27). The second-order valence-corrected chi connectivity index (χ2v) is 7.37. The van der Waals surface area contributed by atoms with Gasteiger partial charge in [0.15, 0.2) is 0 Å². The molecule has 0 atom stereocenters. The number of aromatic nitrogens is 1.